The molecule has 0 fully saturated rings. The van der Waals surface area contributed by atoms with Crippen molar-refractivity contribution in [1.82, 2.24) is 4.98 Å². The van der Waals surface area contributed by atoms with Gasteiger partial charge < -0.3 is 11.1 Å². The Labute approximate surface area is 121 Å². The molecule has 7 heteroatoms. The van der Waals surface area contributed by atoms with Crippen LogP contribution in [0.5, 0.6) is 0 Å². The number of pyridine rings is 1. The highest BCUT2D eigenvalue weighted by atomic mass is 32.1. The molecule has 0 saturated heterocycles. The van der Waals surface area contributed by atoms with Crippen LogP contribution in [0.25, 0.3) is 0 Å². The Morgan fingerprint density at radius 2 is 2.00 bits per heavy atom. The molecule has 0 amide bonds. The zero-order valence-corrected chi connectivity index (χ0v) is 12.4. The molecule has 0 aromatic carbocycles. The van der Waals surface area contributed by atoms with Gasteiger partial charge in [-0.05, 0) is 25.0 Å². The lowest BCUT2D eigenvalue weighted by Gasteiger charge is -2.22. The maximum Gasteiger partial charge on any atom is 0.433 e. The molecule has 0 aliphatic rings. The van der Waals surface area contributed by atoms with Crippen LogP contribution >= 0.6 is 12.2 Å². The summed E-state index contributed by atoms with van der Waals surface area (Å²) in [5.41, 5.74) is 4.89. The topological polar surface area (TPSA) is 50.9 Å². The first-order valence-corrected chi connectivity index (χ1v) is 6.72. The molecule has 1 rings (SSSR count). The van der Waals surface area contributed by atoms with E-state index < -0.39 is 11.9 Å². The minimum Gasteiger partial charge on any atom is -0.389 e. The van der Waals surface area contributed by atoms with E-state index in [0.717, 1.165) is 12.5 Å². The average molecular weight is 305 g/mol. The molecule has 0 spiro atoms. The quantitative estimate of drug-likeness (QED) is 0.816. The summed E-state index contributed by atoms with van der Waals surface area (Å²) in [5, 5.41) is 2.98. The summed E-state index contributed by atoms with van der Waals surface area (Å²) >= 11 is 4.85. The SMILES string of the molecule is CCC(C)C(C)Nc1nc(C(F)(F)F)ccc1C(N)=S. The van der Waals surface area contributed by atoms with Crippen LogP contribution in [-0.4, -0.2) is 16.0 Å². The molecule has 3 nitrogen and oxygen atoms in total. The highest BCUT2D eigenvalue weighted by Crippen LogP contribution is 2.30. The fraction of sp³-hybridized carbons (Fsp3) is 0.538. The molecule has 2 unspecified atom stereocenters. The van der Waals surface area contributed by atoms with Gasteiger partial charge in [-0.15, -0.1) is 0 Å². The van der Waals surface area contributed by atoms with E-state index in [2.05, 4.69) is 10.3 Å². The normalized spacial score (nSPS) is 14.7. The average Bonchev–Trinajstić information content (AvgIpc) is 2.36. The first-order valence-electron chi connectivity index (χ1n) is 6.31. The van der Waals surface area contributed by atoms with Crippen molar-refractivity contribution < 1.29 is 13.2 Å². The van der Waals surface area contributed by atoms with Gasteiger partial charge in [-0.25, -0.2) is 4.98 Å². The van der Waals surface area contributed by atoms with Crippen molar-refractivity contribution in [3.8, 4) is 0 Å². The summed E-state index contributed by atoms with van der Waals surface area (Å²) in [7, 11) is 0. The number of hydrogen-bond acceptors (Lipinski definition) is 3. The van der Waals surface area contributed by atoms with Crippen molar-refractivity contribution in [3.05, 3.63) is 23.4 Å². The van der Waals surface area contributed by atoms with Crippen LogP contribution in [0.15, 0.2) is 12.1 Å². The molecule has 3 N–H and O–H groups in total. The van der Waals surface area contributed by atoms with Gasteiger partial charge in [0.2, 0.25) is 0 Å². The summed E-state index contributed by atoms with van der Waals surface area (Å²) in [5.74, 6) is 0.366. The number of nitrogens with zero attached hydrogens (tertiary/aromatic N) is 1. The third-order valence-corrected chi connectivity index (χ3v) is 3.53. The molecule has 0 aliphatic carbocycles. The number of halogens is 3. The summed E-state index contributed by atoms with van der Waals surface area (Å²) in [6.45, 7) is 5.90. The molecule has 0 saturated carbocycles. The standard InChI is InChI=1S/C13H18F3N3S/c1-4-7(2)8(3)18-12-9(11(17)20)5-6-10(19-12)13(14,15)16/h5-8H,4H2,1-3H3,(H2,17,20)(H,18,19). The van der Waals surface area contributed by atoms with Crippen molar-refractivity contribution in [3.63, 3.8) is 0 Å². The minimum atomic E-state index is -4.50. The monoisotopic (exact) mass is 305 g/mol. The van der Waals surface area contributed by atoms with E-state index in [1.807, 2.05) is 20.8 Å². The van der Waals surface area contributed by atoms with Gasteiger partial charge in [-0.2, -0.15) is 13.2 Å². The van der Waals surface area contributed by atoms with E-state index in [1.54, 1.807) is 0 Å². The van der Waals surface area contributed by atoms with Gasteiger partial charge >= 0.3 is 6.18 Å². The predicted octanol–water partition coefficient (Wildman–Crippen LogP) is 3.58. The van der Waals surface area contributed by atoms with Gasteiger partial charge in [0, 0.05) is 6.04 Å². The van der Waals surface area contributed by atoms with Crippen LogP contribution in [0.4, 0.5) is 19.0 Å². The number of nitrogens with two attached hydrogens (primary N) is 1. The lowest BCUT2D eigenvalue weighted by atomic mass is 10.0. The molecule has 1 aromatic heterocycles. The summed E-state index contributed by atoms with van der Waals surface area (Å²) in [4.78, 5) is 3.64. The zero-order valence-electron chi connectivity index (χ0n) is 11.6. The van der Waals surface area contributed by atoms with Crippen molar-refractivity contribution in [1.29, 1.82) is 0 Å². The van der Waals surface area contributed by atoms with E-state index in [0.29, 0.717) is 5.56 Å². The Balaban J connectivity index is 3.16. The molecule has 2 atom stereocenters. The number of anilines is 1. The Bertz CT molecular complexity index is 488. The Hall–Kier alpha value is -1.37. The molecule has 1 aromatic rings. The largest absolute Gasteiger partial charge is 0.433 e. The van der Waals surface area contributed by atoms with Gasteiger partial charge in [0.1, 0.15) is 16.5 Å². The van der Waals surface area contributed by atoms with Crippen LogP contribution in [0.1, 0.15) is 38.4 Å². The van der Waals surface area contributed by atoms with Gasteiger partial charge in [-0.1, -0.05) is 32.5 Å². The van der Waals surface area contributed by atoms with Crippen molar-refractivity contribution in [2.24, 2.45) is 11.7 Å². The van der Waals surface area contributed by atoms with Gasteiger partial charge in [0.25, 0.3) is 0 Å². The molecular formula is C13H18F3N3S. The number of alkyl halides is 3. The lowest BCUT2D eigenvalue weighted by molar-refractivity contribution is -0.141. The molecule has 20 heavy (non-hydrogen) atoms. The third-order valence-electron chi connectivity index (χ3n) is 3.31. The van der Waals surface area contributed by atoms with Crippen LogP contribution in [0.2, 0.25) is 0 Å². The Morgan fingerprint density at radius 3 is 2.45 bits per heavy atom. The number of nitrogens with one attached hydrogen (secondary N) is 1. The molecule has 1 heterocycles. The van der Waals surface area contributed by atoms with E-state index in [4.69, 9.17) is 18.0 Å². The van der Waals surface area contributed by atoms with Crippen molar-refractivity contribution >= 4 is 23.0 Å². The first-order chi connectivity index (χ1) is 9.16. The lowest BCUT2D eigenvalue weighted by Crippen LogP contribution is -2.26. The summed E-state index contributed by atoms with van der Waals surface area (Å²) < 4.78 is 38.1. The van der Waals surface area contributed by atoms with E-state index >= 15 is 0 Å². The number of thiocarbonyl (C=S) groups is 1. The molecule has 112 valence electrons. The molecule has 0 bridgehead atoms. The van der Waals surface area contributed by atoms with Gasteiger partial charge in [0.05, 0.1) is 5.56 Å². The molecule has 0 radical (unpaired) electrons. The summed E-state index contributed by atoms with van der Waals surface area (Å²) in [6, 6.07) is 2.10. The highest BCUT2D eigenvalue weighted by molar-refractivity contribution is 7.80. The van der Waals surface area contributed by atoms with Crippen LogP contribution in [0, 0.1) is 5.92 Å². The highest BCUT2D eigenvalue weighted by Gasteiger charge is 2.33. The van der Waals surface area contributed by atoms with Crippen LogP contribution in [0.3, 0.4) is 0 Å². The predicted molar refractivity (Wildman–Crippen MR) is 77.7 cm³/mol. The van der Waals surface area contributed by atoms with Gasteiger partial charge in [0.15, 0.2) is 0 Å². The number of rotatable bonds is 5. The van der Waals surface area contributed by atoms with Crippen molar-refractivity contribution in [2.45, 2.75) is 39.4 Å². The third kappa shape index (κ3) is 4.06. The maximum atomic E-state index is 12.7. The second-order valence-corrected chi connectivity index (χ2v) is 5.21. The number of aromatic nitrogens is 1. The molecular weight excluding hydrogens is 287 g/mol. The van der Waals surface area contributed by atoms with Crippen LogP contribution < -0.4 is 11.1 Å². The Morgan fingerprint density at radius 1 is 1.40 bits per heavy atom. The second kappa shape index (κ2) is 6.39. The maximum absolute atomic E-state index is 12.7. The van der Waals surface area contributed by atoms with E-state index in [1.165, 1.54) is 6.07 Å². The van der Waals surface area contributed by atoms with Gasteiger partial charge in [-0.3, -0.25) is 0 Å². The second-order valence-electron chi connectivity index (χ2n) is 4.77. The molecule has 0 aliphatic heterocycles. The fourth-order valence-corrected chi connectivity index (χ4v) is 1.80. The zero-order chi connectivity index (χ0) is 15.5. The number of hydrogen-bond donors (Lipinski definition) is 2. The van der Waals surface area contributed by atoms with Crippen LogP contribution in [-0.2, 0) is 6.18 Å². The fourth-order valence-electron chi connectivity index (χ4n) is 1.64. The summed E-state index contributed by atoms with van der Waals surface area (Å²) in [6.07, 6.45) is -3.60. The Kier molecular flexibility index (Phi) is 5.33. The first kappa shape index (κ1) is 16.7. The van der Waals surface area contributed by atoms with Crippen molar-refractivity contribution in [2.75, 3.05) is 5.32 Å². The van der Waals surface area contributed by atoms with E-state index in [-0.39, 0.29) is 22.8 Å². The smallest absolute Gasteiger partial charge is 0.389 e. The minimum absolute atomic E-state index is 0.0186. The van der Waals surface area contributed by atoms with E-state index in [9.17, 15) is 13.2 Å².